The lowest BCUT2D eigenvalue weighted by molar-refractivity contribution is 0.0600. The van der Waals surface area contributed by atoms with Gasteiger partial charge in [0.2, 0.25) is 0 Å². The van der Waals surface area contributed by atoms with Gasteiger partial charge in [0.15, 0.2) is 0 Å². The molecule has 2 N–H and O–H groups in total. The molecular formula is C13H17NO5. The van der Waals surface area contributed by atoms with Gasteiger partial charge in [-0.3, -0.25) is 4.79 Å². The number of esters is 1. The third-order valence-electron chi connectivity index (χ3n) is 2.31. The second-order valence-electron chi connectivity index (χ2n) is 3.66. The molecule has 1 aromatic rings. The first-order valence-corrected chi connectivity index (χ1v) is 5.84. The summed E-state index contributed by atoms with van der Waals surface area (Å²) in [4.78, 5) is 23.1. The van der Waals surface area contributed by atoms with Gasteiger partial charge in [-0.25, -0.2) is 4.79 Å². The van der Waals surface area contributed by atoms with Crippen LogP contribution in [0.1, 0.15) is 20.7 Å². The highest BCUT2D eigenvalue weighted by atomic mass is 16.5. The Morgan fingerprint density at radius 3 is 2.68 bits per heavy atom. The van der Waals surface area contributed by atoms with Crippen LogP contribution in [0.3, 0.4) is 0 Å². The highest BCUT2D eigenvalue weighted by Crippen LogP contribution is 2.06. The number of hydrogen-bond donors (Lipinski definition) is 2. The Labute approximate surface area is 111 Å². The fourth-order valence-electron chi connectivity index (χ4n) is 1.41. The fraction of sp³-hybridized carbons (Fsp3) is 0.385. The van der Waals surface area contributed by atoms with Crippen LogP contribution in [0.25, 0.3) is 0 Å². The summed E-state index contributed by atoms with van der Waals surface area (Å²) in [6.45, 7) is 0.854. The van der Waals surface area contributed by atoms with Crippen molar-refractivity contribution >= 4 is 11.9 Å². The number of carbonyl (C=O) groups is 2. The number of methoxy groups -OCH3 is 1. The van der Waals surface area contributed by atoms with E-state index < -0.39 is 5.97 Å². The predicted octanol–water partition coefficient (Wildman–Crippen LogP) is 0.212. The number of rotatable bonds is 7. The molecule has 0 heterocycles. The maximum atomic E-state index is 11.8. The normalized spacial score (nSPS) is 10.0. The van der Waals surface area contributed by atoms with Crippen LogP contribution in [0, 0.1) is 0 Å². The molecule has 0 aromatic heterocycles. The van der Waals surface area contributed by atoms with E-state index in [4.69, 9.17) is 9.84 Å². The number of nitrogens with one attached hydrogen (secondary N) is 1. The average Bonchev–Trinajstić information content (AvgIpc) is 2.46. The van der Waals surface area contributed by atoms with Gasteiger partial charge in [0, 0.05) is 12.1 Å². The van der Waals surface area contributed by atoms with Crippen molar-refractivity contribution in [1.29, 1.82) is 0 Å². The standard InChI is InChI=1S/C13H17NO5/c1-18-13(17)11-4-2-3-10(9-11)12(16)14-5-7-19-8-6-15/h2-4,9,15H,5-8H2,1H3,(H,14,16). The van der Waals surface area contributed by atoms with Gasteiger partial charge in [-0.15, -0.1) is 0 Å². The van der Waals surface area contributed by atoms with Crippen LogP contribution in [0.4, 0.5) is 0 Å². The zero-order valence-electron chi connectivity index (χ0n) is 10.7. The molecule has 0 atom stereocenters. The van der Waals surface area contributed by atoms with Crippen molar-refractivity contribution in [2.75, 3.05) is 33.5 Å². The maximum absolute atomic E-state index is 11.8. The van der Waals surface area contributed by atoms with Gasteiger partial charge in [-0.1, -0.05) is 6.07 Å². The minimum atomic E-state index is -0.485. The van der Waals surface area contributed by atoms with Crippen LogP contribution >= 0.6 is 0 Å². The van der Waals surface area contributed by atoms with Gasteiger partial charge < -0.3 is 19.9 Å². The quantitative estimate of drug-likeness (QED) is 0.545. The van der Waals surface area contributed by atoms with Crippen molar-refractivity contribution < 1.29 is 24.2 Å². The molecule has 0 radical (unpaired) electrons. The highest BCUT2D eigenvalue weighted by molar-refractivity contribution is 5.97. The fourth-order valence-corrected chi connectivity index (χ4v) is 1.41. The molecule has 0 spiro atoms. The van der Waals surface area contributed by atoms with Gasteiger partial charge in [0.1, 0.15) is 0 Å². The van der Waals surface area contributed by atoms with Gasteiger partial charge in [-0.05, 0) is 18.2 Å². The zero-order chi connectivity index (χ0) is 14.1. The number of benzene rings is 1. The minimum absolute atomic E-state index is 0.0465. The second kappa shape index (κ2) is 8.23. The van der Waals surface area contributed by atoms with E-state index in [2.05, 4.69) is 10.1 Å². The molecule has 0 aliphatic heterocycles. The molecule has 0 unspecified atom stereocenters. The minimum Gasteiger partial charge on any atom is -0.465 e. The second-order valence-corrected chi connectivity index (χ2v) is 3.66. The van der Waals surface area contributed by atoms with Crippen LogP contribution < -0.4 is 5.32 Å². The van der Waals surface area contributed by atoms with Crippen molar-refractivity contribution in [2.24, 2.45) is 0 Å². The molecule has 1 rings (SSSR count). The van der Waals surface area contributed by atoms with Crippen molar-refractivity contribution in [3.63, 3.8) is 0 Å². The molecule has 1 amide bonds. The number of ether oxygens (including phenoxy) is 2. The van der Waals surface area contributed by atoms with E-state index in [1.165, 1.54) is 13.2 Å². The number of hydrogen-bond acceptors (Lipinski definition) is 5. The molecule has 0 bridgehead atoms. The maximum Gasteiger partial charge on any atom is 0.337 e. The average molecular weight is 267 g/mol. The van der Waals surface area contributed by atoms with Gasteiger partial charge in [-0.2, -0.15) is 0 Å². The number of aliphatic hydroxyl groups excluding tert-OH is 1. The molecule has 0 saturated carbocycles. The molecule has 0 aliphatic carbocycles. The summed E-state index contributed by atoms with van der Waals surface area (Å²) in [7, 11) is 1.29. The van der Waals surface area contributed by atoms with Crippen molar-refractivity contribution in [2.45, 2.75) is 0 Å². The Bertz CT molecular complexity index is 433. The van der Waals surface area contributed by atoms with Crippen LogP contribution in [0.2, 0.25) is 0 Å². The summed E-state index contributed by atoms with van der Waals surface area (Å²) in [6.07, 6.45) is 0. The van der Waals surface area contributed by atoms with E-state index in [0.717, 1.165) is 0 Å². The molecule has 0 fully saturated rings. The summed E-state index contributed by atoms with van der Waals surface area (Å²) >= 11 is 0. The lowest BCUT2D eigenvalue weighted by atomic mass is 10.1. The van der Waals surface area contributed by atoms with Gasteiger partial charge in [0.25, 0.3) is 5.91 Å². The molecule has 0 aliphatic rings. The monoisotopic (exact) mass is 267 g/mol. The van der Waals surface area contributed by atoms with Gasteiger partial charge in [0.05, 0.1) is 32.5 Å². The number of aliphatic hydroxyl groups is 1. The number of carbonyl (C=O) groups excluding carboxylic acids is 2. The van der Waals surface area contributed by atoms with Crippen LogP contribution in [-0.4, -0.2) is 50.5 Å². The van der Waals surface area contributed by atoms with E-state index >= 15 is 0 Å². The predicted molar refractivity (Wildman–Crippen MR) is 68.0 cm³/mol. The first kappa shape index (κ1) is 15.1. The summed E-state index contributed by atoms with van der Waals surface area (Å²) in [5.74, 6) is -0.778. The molecule has 6 nitrogen and oxygen atoms in total. The highest BCUT2D eigenvalue weighted by Gasteiger charge is 2.09. The molecule has 1 aromatic carbocycles. The summed E-state index contributed by atoms with van der Waals surface area (Å²) in [6, 6.07) is 6.27. The van der Waals surface area contributed by atoms with E-state index in [-0.39, 0.29) is 19.1 Å². The van der Waals surface area contributed by atoms with E-state index in [0.29, 0.717) is 24.3 Å². The zero-order valence-corrected chi connectivity index (χ0v) is 10.7. The summed E-state index contributed by atoms with van der Waals surface area (Å²) in [5.41, 5.74) is 0.705. The van der Waals surface area contributed by atoms with E-state index in [1.54, 1.807) is 18.2 Å². The Kier molecular flexibility index (Phi) is 6.56. The summed E-state index contributed by atoms with van der Waals surface area (Å²) < 4.78 is 9.59. The van der Waals surface area contributed by atoms with Crippen LogP contribution in [0.15, 0.2) is 24.3 Å². The van der Waals surface area contributed by atoms with E-state index in [1.807, 2.05) is 0 Å². The first-order chi connectivity index (χ1) is 9.19. The molecular weight excluding hydrogens is 250 g/mol. The Hall–Kier alpha value is -1.92. The molecule has 19 heavy (non-hydrogen) atoms. The van der Waals surface area contributed by atoms with Gasteiger partial charge >= 0.3 is 5.97 Å². The molecule has 6 heteroatoms. The lowest BCUT2D eigenvalue weighted by Crippen LogP contribution is -2.27. The van der Waals surface area contributed by atoms with Crippen LogP contribution in [0.5, 0.6) is 0 Å². The Morgan fingerprint density at radius 2 is 2.00 bits per heavy atom. The largest absolute Gasteiger partial charge is 0.465 e. The number of amides is 1. The summed E-state index contributed by atoms with van der Waals surface area (Å²) in [5, 5.41) is 11.1. The van der Waals surface area contributed by atoms with Crippen LogP contribution in [-0.2, 0) is 9.47 Å². The molecule has 0 saturated heterocycles. The first-order valence-electron chi connectivity index (χ1n) is 5.84. The smallest absolute Gasteiger partial charge is 0.337 e. The lowest BCUT2D eigenvalue weighted by Gasteiger charge is -2.06. The van der Waals surface area contributed by atoms with Crippen molar-refractivity contribution in [3.05, 3.63) is 35.4 Å². The topological polar surface area (TPSA) is 84.9 Å². The third-order valence-corrected chi connectivity index (χ3v) is 2.31. The van der Waals surface area contributed by atoms with E-state index in [9.17, 15) is 9.59 Å². The Morgan fingerprint density at radius 1 is 1.26 bits per heavy atom. The SMILES string of the molecule is COC(=O)c1cccc(C(=O)NCCOCCO)c1. The third kappa shape index (κ3) is 5.07. The Balaban J connectivity index is 2.50. The molecule has 104 valence electrons. The van der Waals surface area contributed by atoms with Crippen molar-refractivity contribution in [1.82, 2.24) is 5.32 Å². The van der Waals surface area contributed by atoms with Crippen molar-refractivity contribution in [3.8, 4) is 0 Å².